The minimum absolute atomic E-state index is 0.0625. The van der Waals surface area contributed by atoms with E-state index in [1.54, 1.807) is 14.2 Å². The SMILES string of the molecule is C=NCC(COC)OC. The summed E-state index contributed by atoms with van der Waals surface area (Å²) in [6.07, 6.45) is 0.0625. The van der Waals surface area contributed by atoms with Crippen molar-refractivity contribution in [2.24, 2.45) is 4.99 Å². The average Bonchev–Trinajstić information content (AvgIpc) is 1.88. The summed E-state index contributed by atoms with van der Waals surface area (Å²) in [5.41, 5.74) is 0. The Labute approximate surface area is 55.7 Å². The van der Waals surface area contributed by atoms with Crippen molar-refractivity contribution >= 4 is 6.72 Å². The van der Waals surface area contributed by atoms with Crippen LogP contribution in [0.25, 0.3) is 0 Å². The van der Waals surface area contributed by atoms with Crippen LogP contribution in [0.1, 0.15) is 0 Å². The largest absolute Gasteiger partial charge is 0.382 e. The molecule has 0 N–H and O–H groups in total. The normalized spacial score (nSPS) is 13.1. The molecule has 3 nitrogen and oxygen atoms in total. The summed E-state index contributed by atoms with van der Waals surface area (Å²) in [6.45, 7) is 4.53. The Morgan fingerprint density at radius 2 is 2.22 bits per heavy atom. The van der Waals surface area contributed by atoms with E-state index >= 15 is 0 Å². The number of methoxy groups -OCH3 is 2. The summed E-state index contributed by atoms with van der Waals surface area (Å²) in [6, 6.07) is 0. The second-order valence-corrected chi connectivity index (χ2v) is 1.72. The second-order valence-electron chi connectivity index (χ2n) is 1.72. The van der Waals surface area contributed by atoms with E-state index in [9.17, 15) is 0 Å². The Balaban J connectivity index is 3.28. The lowest BCUT2D eigenvalue weighted by Crippen LogP contribution is -2.20. The topological polar surface area (TPSA) is 30.8 Å². The van der Waals surface area contributed by atoms with Crippen LogP contribution < -0.4 is 0 Å². The van der Waals surface area contributed by atoms with Gasteiger partial charge in [0, 0.05) is 14.2 Å². The van der Waals surface area contributed by atoms with Gasteiger partial charge in [0.25, 0.3) is 0 Å². The zero-order valence-electron chi connectivity index (χ0n) is 5.96. The van der Waals surface area contributed by atoms with Crippen LogP contribution in [-0.2, 0) is 9.47 Å². The van der Waals surface area contributed by atoms with Crippen molar-refractivity contribution in [3.8, 4) is 0 Å². The summed E-state index contributed by atoms with van der Waals surface area (Å²) in [7, 11) is 3.27. The van der Waals surface area contributed by atoms with E-state index in [0.717, 1.165) is 0 Å². The maximum Gasteiger partial charge on any atom is 0.0998 e. The molecule has 1 atom stereocenters. The van der Waals surface area contributed by atoms with Gasteiger partial charge in [-0.05, 0) is 6.72 Å². The van der Waals surface area contributed by atoms with Crippen LogP contribution >= 0.6 is 0 Å². The monoisotopic (exact) mass is 131 g/mol. The van der Waals surface area contributed by atoms with Gasteiger partial charge in [-0.15, -0.1) is 0 Å². The molecule has 0 heterocycles. The van der Waals surface area contributed by atoms with E-state index in [1.165, 1.54) is 0 Å². The molecule has 0 amide bonds. The van der Waals surface area contributed by atoms with E-state index in [2.05, 4.69) is 11.7 Å². The van der Waals surface area contributed by atoms with Crippen molar-refractivity contribution in [3.05, 3.63) is 0 Å². The van der Waals surface area contributed by atoms with Crippen molar-refractivity contribution in [1.82, 2.24) is 0 Å². The molecular formula is C6H13NO2. The van der Waals surface area contributed by atoms with E-state index in [1.807, 2.05) is 0 Å². The van der Waals surface area contributed by atoms with Crippen LogP contribution in [0.5, 0.6) is 0 Å². The maximum absolute atomic E-state index is 4.97. The van der Waals surface area contributed by atoms with Crippen LogP contribution in [-0.4, -0.2) is 40.2 Å². The van der Waals surface area contributed by atoms with E-state index in [4.69, 9.17) is 9.47 Å². The quantitative estimate of drug-likeness (QED) is 0.504. The Hall–Kier alpha value is -0.410. The fourth-order valence-electron chi connectivity index (χ4n) is 0.525. The van der Waals surface area contributed by atoms with Crippen LogP contribution in [0, 0.1) is 0 Å². The van der Waals surface area contributed by atoms with Crippen molar-refractivity contribution in [3.63, 3.8) is 0 Å². The van der Waals surface area contributed by atoms with Gasteiger partial charge in [-0.25, -0.2) is 0 Å². The first kappa shape index (κ1) is 8.59. The zero-order chi connectivity index (χ0) is 7.11. The smallest absolute Gasteiger partial charge is 0.0998 e. The molecule has 0 aliphatic carbocycles. The van der Waals surface area contributed by atoms with Gasteiger partial charge in [0.05, 0.1) is 19.3 Å². The Morgan fingerprint density at radius 3 is 2.56 bits per heavy atom. The third kappa shape index (κ3) is 4.12. The number of rotatable bonds is 5. The molecule has 0 saturated heterocycles. The molecule has 54 valence electrons. The third-order valence-electron chi connectivity index (χ3n) is 1.02. The molecule has 0 aromatic carbocycles. The predicted molar refractivity (Wildman–Crippen MR) is 37.1 cm³/mol. The molecule has 0 rings (SSSR count). The highest BCUT2D eigenvalue weighted by Crippen LogP contribution is 1.89. The zero-order valence-corrected chi connectivity index (χ0v) is 5.96. The van der Waals surface area contributed by atoms with Gasteiger partial charge in [0.1, 0.15) is 0 Å². The second kappa shape index (κ2) is 5.72. The van der Waals surface area contributed by atoms with Crippen LogP contribution in [0.15, 0.2) is 4.99 Å². The average molecular weight is 131 g/mol. The van der Waals surface area contributed by atoms with Crippen LogP contribution in [0.4, 0.5) is 0 Å². The molecule has 3 heteroatoms. The number of ether oxygens (including phenoxy) is 2. The number of hydrogen-bond acceptors (Lipinski definition) is 3. The first-order valence-electron chi connectivity index (χ1n) is 2.79. The van der Waals surface area contributed by atoms with Gasteiger partial charge < -0.3 is 9.47 Å². The Morgan fingerprint density at radius 1 is 1.56 bits per heavy atom. The molecule has 0 radical (unpaired) electrons. The first-order valence-corrected chi connectivity index (χ1v) is 2.79. The lowest BCUT2D eigenvalue weighted by atomic mass is 10.4. The van der Waals surface area contributed by atoms with Gasteiger partial charge in [0.15, 0.2) is 0 Å². The Bertz CT molecular complexity index is 75.5. The molecule has 0 aromatic heterocycles. The standard InChI is InChI=1S/C6H13NO2/c1-7-4-6(9-3)5-8-2/h6H,1,4-5H2,2-3H3. The lowest BCUT2D eigenvalue weighted by molar-refractivity contribution is 0.0345. The summed E-state index contributed by atoms with van der Waals surface area (Å²) < 4.78 is 9.81. The van der Waals surface area contributed by atoms with Gasteiger partial charge in [0.2, 0.25) is 0 Å². The number of hydrogen-bond donors (Lipinski definition) is 0. The molecule has 0 saturated carbocycles. The van der Waals surface area contributed by atoms with Crippen molar-refractivity contribution in [2.45, 2.75) is 6.10 Å². The summed E-state index contributed by atoms with van der Waals surface area (Å²) in [5, 5.41) is 0. The van der Waals surface area contributed by atoms with E-state index < -0.39 is 0 Å². The van der Waals surface area contributed by atoms with Crippen molar-refractivity contribution in [1.29, 1.82) is 0 Å². The van der Waals surface area contributed by atoms with Crippen LogP contribution in [0.3, 0.4) is 0 Å². The fraction of sp³-hybridized carbons (Fsp3) is 0.833. The predicted octanol–water partition coefficient (Wildman–Crippen LogP) is 0.348. The van der Waals surface area contributed by atoms with E-state index in [0.29, 0.717) is 13.2 Å². The highest BCUT2D eigenvalue weighted by molar-refractivity contribution is 5.23. The molecular weight excluding hydrogens is 118 g/mol. The molecule has 0 spiro atoms. The van der Waals surface area contributed by atoms with Gasteiger partial charge in [-0.2, -0.15) is 0 Å². The van der Waals surface area contributed by atoms with Crippen LogP contribution in [0.2, 0.25) is 0 Å². The summed E-state index contributed by atoms with van der Waals surface area (Å²) >= 11 is 0. The molecule has 9 heavy (non-hydrogen) atoms. The minimum atomic E-state index is 0.0625. The molecule has 0 bridgehead atoms. The minimum Gasteiger partial charge on any atom is -0.382 e. The maximum atomic E-state index is 4.97. The summed E-state index contributed by atoms with van der Waals surface area (Å²) in [4.78, 5) is 3.67. The molecule has 0 aromatic rings. The van der Waals surface area contributed by atoms with Crippen molar-refractivity contribution in [2.75, 3.05) is 27.4 Å². The first-order chi connectivity index (χ1) is 4.35. The molecule has 0 aliphatic heterocycles. The molecule has 1 unspecified atom stereocenters. The number of nitrogens with zero attached hydrogens (tertiary/aromatic N) is 1. The molecule has 0 fully saturated rings. The van der Waals surface area contributed by atoms with E-state index in [-0.39, 0.29) is 6.10 Å². The third-order valence-corrected chi connectivity index (χ3v) is 1.02. The van der Waals surface area contributed by atoms with Gasteiger partial charge >= 0.3 is 0 Å². The molecule has 0 aliphatic rings. The highest BCUT2D eigenvalue weighted by atomic mass is 16.5. The van der Waals surface area contributed by atoms with Gasteiger partial charge in [-0.3, -0.25) is 4.99 Å². The summed E-state index contributed by atoms with van der Waals surface area (Å²) in [5.74, 6) is 0. The number of aliphatic imine (C=N–C) groups is 1. The Kier molecular flexibility index (Phi) is 5.46. The van der Waals surface area contributed by atoms with Crippen molar-refractivity contribution < 1.29 is 9.47 Å². The lowest BCUT2D eigenvalue weighted by Gasteiger charge is -2.09. The highest BCUT2D eigenvalue weighted by Gasteiger charge is 2.02. The fourth-order valence-corrected chi connectivity index (χ4v) is 0.525. The van der Waals surface area contributed by atoms with Gasteiger partial charge in [-0.1, -0.05) is 0 Å².